The van der Waals surface area contributed by atoms with Crippen molar-refractivity contribution in [3.63, 3.8) is 0 Å². The molecule has 14 heavy (non-hydrogen) atoms. The lowest BCUT2D eigenvalue weighted by Gasteiger charge is -2.04. The van der Waals surface area contributed by atoms with E-state index in [1.54, 1.807) is 0 Å². The lowest BCUT2D eigenvalue weighted by Crippen LogP contribution is -2.11. The van der Waals surface area contributed by atoms with Gasteiger partial charge in [0.15, 0.2) is 0 Å². The number of ether oxygens (including phenoxy) is 1. The number of carbonyl (C=O) groups excluding carboxylic acids is 1. The molecule has 4 nitrogen and oxygen atoms in total. The van der Waals surface area contributed by atoms with Crippen molar-refractivity contribution in [2.75, 3.05) is 6.61 Å². The average Bonchev–Trinajstić information content (AvgIpc) is 2.30. The zero-order valence-corrected chi connectivity index (χ0v) is 7.38. The van der Waals surface area contributed by atoms with Crippen LogP contribution in [0.3, 0.4) is 0 Å². The third kappa shape index (κ3) is 2.10. The minimum Gasteiger partial charge on any atom is -0.478 e. The summed E-state index contributed by atoms with van der Waals surface area (Å²) in [6, 6.07) is -2.86. The highest BCUT2D eigenvalue weighted by Crippen LogP contribution is 2.09. The molecule has 74 valence electrons. The van der Waals surface area contributed by atoms with Crippen LogP contribution in [0, 0.1) is 0 Å². The largest absolute Gasteiger partial charge is 0.478 e. The number of rotatable bonds is 3. The number of aromatic carboxylic acids is 1. The number of esters is 1. The second-order valence-electron chi connectivity index (χ2n) is 2.28. The van der Waals surface area contributed by atoms with E-state index >= 15 is 0 Å². The van der Waals surface area contributed by atoms with Crippen molar-refractivity contribution in [1.29, 1.82) is 0 Å². The second kappa shape index (κ2) is 4.41. The highest BCUT2D eigenvalue weighted by Gasteiger charge is 2.15. The molecular formula is C10H10O4. The molecule has 0 heterocycles. The molecule has 1 aromatic rings. The molecule has 0 saturated carbocycles. The van der Waals surface area contributed by atoms with Crippen molar-refractivity contribution < 1.29 is 24.9 Å². The number of carboxylic acids is 1. The Morgan fingerprint density at radius 2 is 2.00 bits per heavy atom. The number of hydrogen-bond donors (Lipinski definition) is 1. The summed E-state index contributed by atoms with van der Waals surface area (Å²) in [5.41, 5.74) is -1.44. The third-order valence-corrected chi connectivity index (χ3v) is 1.38. The monoisotopic (exact) mass is 198 g/mol. The maximum Gasteiger partial charge on any atom is 0.338 e. The molecule has 0 aliphatic heterocycles. The van der Waals surface area contributed by atoms with E-state index in [4.69, 9.17) is 10.6 Å². The zero-order chi connectivity index (χ0) is 14.0. The van der Waals surface area contributed by atoms with Gasteiger partial charge in [-0.3, -0.25) is 0 Å². The first kappa shape index (κ1) is 5.80. The van der Waals surface area contributed by atoms with Gasteiger partial charge in [0.25, 0.3) is 0 Å². The summed E-state index contributed by atoms with van der Waals surface area (Å²) in [6.45, 7) is 1.48. The van der Waals surface area contributed by atoms with Gasteiger partial charge in [-0.25, -0.2) is 9.59 Å². The predicted molar refractivity (Wildman–Crippen MR) is 49.4 cm³/mol. The maximum absolute atomic E-state index is 11.6. The van der Waals surface area contributed by atoms with Gasteiger partial charge in [0, 0.05) is 0 Å². The number of hydrogen-bond acceptors (Lipinski definition) is 3. The van der Waals surface area contributed by atoms with Gasteiger partial charge in [0.05, 0.1) is 23.2 Å². The highest BCUT2D eigenvalue weighted by molar-refractivity contribution is 6.02. The average molecular weight is 198 g/mol. The van der Waals surface area contributed by atoms with Crippen LogP contribution in [-0.4, -0.2) is 23.7 Å². The first-order chi connectivity index (χ1) is 8.32. The Bertz CT molecular complexity index is 527. The molecule has 0 aromatic heterocycles. The van der Waals surface area contributed by atoms with Gasteiger partial charge in [-0.2, -0.15) is 0 Å². The van der Waals surface area contributed by atoms with Gasteiger partial charge in [-0.15, -0.1) is 0 Å². The predicted octanol–water partition coefficient (Wildman–Crippen LogP) is 1.56. The number of carbonyl (C=O) groups is 2. The Hall–Kier alpha value is -1.84. The standard InChI is InChI=1S/C10H10O4/c1-2-14-10(13)8-6-4-3-5-7(8)9(11)12/h3-6H,2H2,1H3,(H,11,12)/i3D,4D,5D,6D. The molecule has 0 atom stereocenters. The van der Waals surface area contributed by atoms with E-state index in [0.29, 0.717) is 0 Å². The summed E-state index contributed by atoms with van der Waals surface area (Å²) in [6.07, 6.45) is 0. The van der Waals surface area contributed by atoms with Crippen molar-refractivity contribution in [2.24, 2.45) is 0 Å². The molecule has 1 aromatic carbocycles. The Labute approximate surface area is 86.7 Å². The molecule has 1 N–H and O–H groups in total. The molecule has 0 bridgehead atoms. The molecule has 0 unspecified atom stereocenters. The SMILES string of the molecule is [2H]c1c([2H])c([2H])c(C(=O)OCC)c(C(=O)O)c1[2H]. The van der Waals surface area contributed by atoms with Crippen LogP contribution >= 0.6 is 0 Å². The number of benzene rings is 1. The molecule has 0 aliphatic carbocycles. The van der Waals surface area contributed by atoms with Gasteiger partial charge >= 0.3 is 11.9 Å². The van der Waals surface area contributed by atoms with Crippen LogP contribution in [0.25, 0.3) is 0 Å². The zero-order valence-electron chi connectivity index (χ0n) is 11.4. The van der Waals surface area contributed by atoms with Crippen molar-refractivity contribution in [3.05, 3.63) is 35.3 Å². The minimum absolute atomic E-state index is 0.0272. The molecule has 0 fully saturated rings. The molecule has 0 amide bonds. The van der Waals surface area contributed by atoms with Gasteiger partial charge in [-0.1, -0.05) is 12.1 Å². The first-order valence-corrected chi connectivity index (χ1v) is 3.83. The Morgan fingerprint density at radius 1 is 1.43 bits per heavy atom. The van der Waals surface area contributed by atoms with Crippen LogP contribution in [0.1, 0.15) is 33.1 Å². The summed E-state index contributed by atoms with van der Waals surface area (Å²) in [7, 11) is 0. The molecule has 4 heteroatoms. The molecule has 1 rings (SSSR count). The Kier molecular flexibility index (Phi) is 1.83. The van der Waals surface area contributed by atoms with Crippen LogP contribution in [0.15, 0.2) is 24.2 Å². The van der Waals surface area contributed by atoms with Gasteiger partial charge in [0.1, 0.15) is 0 Å². The summed E-state index contributed by atoms with van der Waals surface area (Å²) in [5.74, 6) is -2.69. The van der Waals surface area contributed by atoms with Crippen molar-refractivity contribution in [1.82, 2.24) is 0 Å². The quantitative estimate of drug-likeness (QED) is 0.748. The smallest absolute Gasteiger partial charge is 0.338 e. The lowest BCUT2D eigenvalue weighted by molar-refractivity contribution is 0.0514. The van der Waals surface area contributed by atoms with Crippen molar-refractivity contribution in [3.8, 4) is 0 Å². The third-order valence-electron chi connectivity index (χ3n) is 1.38. The Morgan fingerprint density at radius 3 is 2.50 bits per heavy atom. The van der Waals surface area contributed by atoms with Crippen LogP contribution in [0.4, 0.5) is 0 Å². The first-order valence-electron chi connectivity index (χ1n) is 5.83. The van der Waals surface area contributed by atoms with Gasteiger partial charge in [-0.05, 0) is 19.0 Å². The van der Waals surface area contributed by atoms with E-state index in [1.807, 2.05) is 0 Å². The normalized spacial score (nSPS) is 13.5. The van der Waals surface area contributed by atoms with Crippen LogP contribution in [0.2, 0.25) is 0 Å². The van der Waals surface area contributed by atoms with E-state index in [9.17, 15) is 9.59 Å². The fraction of sp³-hybridized carbons (Fsp3) is 0.200. The molecule has 0 radical (unpaired) electrons. The molecular weight excluding hydrogens is 184 g/mol. The minimum atomic E-state index is -1.61. The molecule has 0 aliphatic rings. The molecule has 0 spiro atoms. The molecule has 0 saturated heterocycles. The fourth-order valence-electron chi connectivity index (χ4n) is 0.829. The summed E-state index contributed by atoms with van der Waals surface area (Å²) in [4.78, 5) is 22.6. The summed E-state index contributed by atoms with van der Waals surface area (Å²) < 4.78 is 34.3. The van der Waals surface area contributed by atoms with E-state index in [-0.39, 0.29) is 6.61 Å². The maximum atomic E-state index is 11.6. The lowest BCUT2D eigenvalue weighted by atomic mass is 10.1. The summed E-state index contributed by atoms with van der Waals surface area (Å²) >= 11 is 0. The van der Waals surface area contributed by atoms with Crippen LogP contribution in [0.5, 0.6) is 0 Å². The van der Waals surface area contributed by atoms with Crippen LogP contribution < -0.4 is 0 Å². The van der Waals surface area contributed by atoms with E-state index in [1.165, 1.54) is 6.92 Å². The summed E-state index contributed by atoms with van der Waals surface area (Å²) in [5, 5.41) is 8.95. The highest BCUT2D eigenvalue weighted by atomic mass is 16.5. The van der Waals surface area contributed by atoms with Gasteiger partial charge < -0.3 is 9.84 Å². The van der Waals surface area contributed by atoms with Gasteiger partial charge in [0.2, 0.25) is 0 Å². The van der Waals surface area contributed by atoms with Crippen molar-refractivity contribution in [2.45, 2.75) is 6.92 Å². The Balaban J connectivity index is 3.67. The van der Waals surface area contributed by atoms with Crippen molar-refractivity contribution >= 4 is 11.9 Å². The second-order valence-corrected chi connectivity index (χ2v) is 2.28. The number of carboxylic acid groups (broad SMARTS) is 1. The van der Waals surface area contributed by atoms with E-state index in [0.717, 1.165) is 0 Å². The fourth-order valence-corrected chi connectivity index (χ4v) is 0.829. The topological polar surface area (TPSA) is 63.6 Å². The van der Waals surface area contributed by atoms with E-state index < -0.39 is 47.2 Å². The van der Waals surface area contributed by atoms with Crippen LogP contribution in [-0.2, 0) is 4.74 Å². The van der Waals surface area contributed by atoms with E-state index in [2.05, 4.69) is 4.74 Å².